The monoisotopic (exact) mass is 344 g/mol. The molecule has 0 saturated carbocycles. The van der Waals surface area contributed by atoms with Crippen molar-refractivity contribution in [1.82, 2.24) is 14.9 Å². The lowest BCUT2D eigenvalue weighted by Crippen LogP contribution is -2.20. The minimum atomic E-state index is -0.0713. The van der Waals surface area contributed by atoms with Crippen LogP contribution in [0.5, 0.6) is 0 Å². The fourth-order valence-corrected chi connectivity index (χ4v) is 4.03. The number of pyridine rings is 1. The second-order valence-electron chi connectivity index (χ2n) is 6.61. The molecule has 1 atom stereocenters. The normalized spacial score (nSPS) is 18.0. The predicted molar refractivity (Wildman–Crippen MR) is 97.2 cm³/mol. The first-order valence-corrected chi connectivity index (χ1v) is 9.19. The molecule has 1 aliphatic heterocycles. The van der Waals surface area contributed by atoms with Gasteiger partial charge in [-0.05, 0) is 50.8 Å². The first-order chi connectivity index (χ1) is 11.5. The largest absolute Gasteiger partial charge is 0.302 e. The van der Waals surface area contributed by atoms with Crippen LogP contribution in [0.4, 0.5) is 5.13 Å². The number of nitrogens with zero attached hydrogens (tertiary/aromatic N) is 3. The molecule has 1 aliphatic rings. The van der Waals surface area contributed by atoms with Crippen LogP contribution in [0.2, 0.25) is 0 Å². The minimum absolute atomic E-state index is 0.0713. The Kier molecular flexibility index (Phi) is 5.26. The number of likely N-dealkylation sites (tertiary alicyclic amines) is 1. The molecule has 24 heavy (non-hydrogen) atoms. The third-order valence-corrected chi connectivity index (χ3v) is 5.39. The lowest BCUT2D eigenvalue weighted by molar-refractivity contribution is -0.114. The van der Waals surface area contributed by atoms with Gasteiger partial charge in [0.05, 0.1) is 0 Å². The Hall–Kier alpha value is -1.79. The Morgan fingerprint density at radius 2 is 2.25 bits per heavy atom. The van der Waals surface area contributed by atoms with Gasteiger partial charge < -0.3 is 5.32 Å². The number of thiazole rings is 1. The third-order valence-electron chi connectivity index (χ3n) is 4.49. The van der Waals surface area contributed by atoms with Crippen molar-refractivity contribution in [3.05, 3.63) is 40.2 Å². The van der Waals surface area contributed by atoms with Gasteiger partial charge in [0.25, 0.3) is 0 Å². The Labute approximate surface area is 147 Å². The van der Waals surface area contributed by atoms with Crippen molar-refractivity contribution >= 4 is 22.4 Å². The number of amides is 1. The highest BCUT2D eigenvalue weighted by atomic mass is 32.1. The molecule has 2 aromatic heterocycles. The van der Waals surface area contributed by atoms with E-state index in [1.165, 1.54) is 29.5 Å². The Morgan fingerprint density at radius 1 is 1.42 bits per heavy atom. The minimum Gasteiger partial charge on any atom is -0.302 e. The molecule has 6 heteroatoms. The van der Waals surface area contributed by atoms with E-state index < -0.39 is 0 Å². The zero-order valence-corrected chi connectivity index (χ0v) is 15.3. The van der Waals surface area contributed by atoms with Crippen molar-refractivity contribution in [2.24, 2.45) is 5.92 Å². The fraction of sp³-hybridized carbons (Fsp3) is 0.500. The van der Waals surface area contributed by atoms with Crippen LogP contribution in [0.25, 0.3) is 0 Å². The molecule has 0 radical (unpaired) electrons. The second kappa shape index (κ2) is 7.40. The van der Waals surface area contributed by atoms with Gasteiger partial charge >= 0.3 is 0 Å². The third kappa shape index (κ3) is 4.39. The number of carbonyl (C=O) groups is 1. The molecule has 0 aliphatic carbocycles. The highest BCUT2D eigenvalue weighted by Gasteiger charge is 2.23. The summed E-state index contributed by atoms with van der Waals surface area (Å²) in [5, 5.41) is 3.43. The van der Waals surface area contributed by atoms with Crippen LogP contribution in [0, 0.1) is 19.8 Å². The fourth-order valence-electron chi connectivity index (χ4n) is 3.12. The van der Waals surface area contributed by atoms with Crippen molar-refractivity contribution in [3.63, 3.8) is 0 Å². The number of carbonyl (C=O) groups excluding carboxylic acids is 1. The average molecular weight is 344 g/mol. The van der Waals surface area contributed by atoms with Crippen LogP contribution in [-0.2, 0) is 17.8 Å². The molecule has 1 amide bonds. The van der Waals surface area contributed by atoms with E-state index in [0.717, 1.165) is 31.7 Å². The maximum absolute atomic E-state index is 11.1. The van der Waals surface area contributed by atoms with Crippen LogP contribution in [-0.4, -0.2) is 33.9 Å². The average Bonchev–Trinajstić information content (AvgIpc) is 3.13. The molecule has 0 spiro atoms. The second-order valence-corrected chi connectivity index (χ2v) is 7.73. The topological polar surface area (TPSA) is 58.1 Å². The van der Waals surface area contributed by atoms with Crippen LogP contribution in [0.15, 0.2) is 18.3 Å². The van der Waals surface area contributed by atoms with Gasteiger partial charge in [-0.3, -0.25) is 14.7 Å². The van der Waals surface area contributed by atoms with Crippen molar-refractivity contribution in [3.8, 4) is 0 Å². The number of hydrogen-bond acceptors (Lipinski definition) is 5. The van der Waals surface area contributed by atoms with Crippen LogP contribution < -0.4 is 5.32 Å². The molecule has 0 bridgehead atoms. The number of aryl methyl sites for hydroxylation is 2. The molecular formula is C18H24N4OS. The molecular weight excluding hydrogens is 320 g/mol. The summed E-state index contributed by atoms with van der Waals surface area (Å²) in [5.74, 6) is 0.598. The summed E-state index contributed by atoms with van der Waals surface area (Å²) in [6, 6.07) is 4.33. The molecule has 1 N–H and O–H groups in total. The van der Waals surface area contributed by atoms with Crippen LogP contribution in [0.3, 0.4) is 0 Å². The first-order valence-electron chi connectivity index (χ1n) is 8.37. The summed E-state index contributed by atoms with van der Waals surface area (Å²) < 4.78 is 0. The molecule has 3 rings (SSSR count). The standard InChI is InChI=1S/C18H24N4OS/c1-12-4-5-16(20-13(12)2)8-15-6-7-22(10-15)11-17-9-19-18(24-17)21-14(3)23/h4-5,9,15H,6-8,10-11H2,1-3H3,(H,19,21,23). The highest BCUT2D eigenvalue weighted by Crippen LogP contribution is 2.25. The molecule has 1 unspecified atom stereocenters. The summed E-state index contributed by atoms with van der Waals surface area (Å²) in [6.45, 7) is 8.82. The molecule has 5 nitrogen and oxygen atoms in total. The van der Waals surface area contributed by atoms with E-state index in [-0.39, 0.29) is 5.91 Å². The van der Waals surface area contributed by atoms with E-state index in [1.807, 2.05) is 6.20 Å². The number of rotatable bonds is 5. The molecule has 1 fully saturated rings. The van der Waals surface area contributed by atoms with Crippen molar-refractivity contribution in [2.45, 2.75) is 40.2 Å². The van der Waals surface area contributed by atoms with Crippen molar-refractivity contribution < 1.29 is 4.79 Å². The maximum atomic E-state index is 11.1. The summed E-state index contributed by atoms with van der Waals surface area (Å²) in [4.78, 5) is 23.7. The Morgan fingerprint density at radius 3 is 3.00 bits per heavy atom. The van der Waals surface area contributed by atoms with E-state index in [1.54, 1.807) is 11.3 Å². The van der Waals surface area contributed by atoms with Gasteiger partial charge in [0.1, 0.15) is 0 Å². The smallest absolute Gasteiger partial charge is 0.223 e. The van der Waals surface area contributed by atoms with E-state index >= 15 is 0 Å². The summed E-state index contributed by atoms with van der Waals surface area (Å²) in [7, 11) is 0. The molecule has 1 saturated heterocycles. The highest BCUT2D eigenvalue weighted by molar-refractivity contribution is 7.15. The van der Waals surface area contributed by atoms with E-state index in [9.17, 15) is 4.79 Å². The molecule has 2 aromatic rings. The van der Waals surface area contributed by atoms with Gasteiger partial charge in [0.15, 0.2) is 5.13 Å². The lowest BCUT2D eigenvalue weighted by Gasteiger charge is -2.14. The lowest BCUT2D eigenvalue weighted by atomic mass is 10.0. The first kappa shape index (κ1) is 17.0. The SMILES string of the molecule is CC(=O)Nc1ncc(CN2CCC(Cc3ccc(C)c(C)n3)C2)s1. The van der Waals surface area contributed by atoms with Gasteiger partial charge in [0, 0.05) is 42.5 Å². The predicted octanol–water partition coefficient (Wildman–Crippen LogP) is 3.18. The quantitative estimate of drug-likeness (QED) is 0.905. The summed E-state index contributed by atoms with van der Waals surface area (Å²) in [5.41, 5.74) is 3.60. The zero-order valence-electron chi connectivity index (χ0n) is 14.5. The van der Waals surface area contributed by atoms with E-state index in [2.05, 4.69) is 41.2 Å². The zero-order chi connectivity index (χ0) is 17.1. The number of nitrogens with one attached hydrogen (secondary N) is 1. The summed E-state index contributed by atoms with van der Waals surface area (Å²) >= 11 is 1.56. The number of aromatic nitrogens is 2. The van der Waals surface area contributed by atoms with Gasteiger partial charge in [0.2, 0.25) is 5.91 Å². The van der Waals surface area contributed by atoms with Crippen molar-refractivity contribution in [1.29, 1.82) is 0 Å². The molecule has 0 aromatic carbocycles. The molecule has 3 heterocycles. The Bertz CT molecular complexity index is 728. The number of hydrogen-bond donors (Lipinski definition) is 1. The number of anilines is 1. The van der Waals surface area contributed by atoms with E-state index in [4.69, 9.17) is 4.98 Å². The van der Waals surface area contributed by atoms with Gasteiger partial charge in [-0.15, -0.1) is 11.3 Å². The van der Waals surface area contributed by atoms with Gasteiger partial charge in [-0.1, -0.05) is 6.07 Å². The van der Waals surface area contributed by atoms with Crippen LogP contribution in [0.1, 0.15) is 35.2 Å². The maximum Gasteiger partial charge on any atom is 0.223 e. The van der Waals surface area contributed by atoms with Crippen LogP contribution >= 0.6 is 11.3 Å². The van der Waals surface area contributed by atoms with Gasteiger partial charge in [-0.25, -0.2) is 4.98 Å². The van der Waals surface area contributed by atoms with E-state index in [0.29, 0.717) is 11.0 Å². The van der Waals surface area contributed by atoms with Crippen molar-refractivity contribution in [2.75, 3.05) is 18.4 Å². The Balaban J connectivity index is 1.52. The van der Waals surface area contributed by atoms with Gasteiger partial charge in [-0.2, -0.15) is 0 Å². The molecule has 128 valence electrons. The summed E-state index contributed by atoms with van der Waals surface area (Å²) in [6.07, 6.45) is 4.14.